The fourth-order valence-electron chi connectivity index (χ4n) is 1.76. The fraction of sp³-hybridized carbons (Fsp3) is 0.462. The van der Waals surface area contributed by atoms with E-state index in [-0.39, 0.29) is 11.9 Å². The molecule has 5 nitrogen and oxygen atoms in total. The van der Waals surface area contributed by atoms with Crippen molar-refractivity contribution in [1.82, 2.24) is 15.1 Å². The van der Waals surface area contributed by atoms with Crippen LogP contribution in [0, 0.1) is 6.92 Å². The lowest BCUT2D eigenvalue weighted by Gasteiger charge is -2.11. The Labute approximate surface area is 119 Å². The summed E-state index contributed by atoms with van der Waals surface area (Å²) in [6.07, 6.45) is -2.68. The van der Waals surface area contributed by atoms with Gasteiger partial charge in [0.2, 0.25) is 5.82 Å². The first kappa shape index (κ1) is 15.4. The van der Waals surface area contributed by atoms with Crippen LogP contribution < -0.4 is 0 Å². The molecular weight excluding hydrogens is 287 g/mol. The summed E-state index contributed by atoms with van der Waals surface area (Å²) in [4.78, 5) is 7.50. The predicted molar refractivity (Wildman–Crippen MR) is 67.4 cm³/mol. The number of halogens is 3. The minimum absolute atomic E-state index is 0.0308. The SMILES string of the molecule is COC(C)Cc1cc(-c2noc(C(F)(F)F)n2)cnc1C. The van der Waals surface area contributed by atoms with E-state index in [1.807, 2.05) is 13.8 Å². The Bertz CT molecular complexity index is 625. The van der Waals surface area contributed by atoms with Crippen molar-refractivity contribution in [2.45, 2.75) is 32.5 Å². The molecule has 0 bridgehead atoms. The zero-order valence-electron chi connectivity index (χ0n) is 11.7. The number of nitrogens with zero attached hydrogens (tertiary/aromatic N) is 3. The van der Waals surface area contributed by atoms with Gasteiger partial charge in [0.15, 0.2) is 0 Å². The van der Waals surface area contributed by atoms with Crippen LogP contribution >= 0.6 is 0 Å². The summed E-state index contributed by atoms with van der Waals surface area (Å²) in [5.74, 6) is -1.51. The lowest BCUT2D eigenvalue weighted by atomic mass is 10.1. The van der Waals surface area contributed by atoms with Crippen LogP contribution in [0.3, 0.4) is 0 Å². The van der Waals surface area contributed by atoms with Crippen LogP contribution in [-0.2, 0) is 17.3 Å². The van der Waals surface area contributed by atoms with Crippen molar-refractivity contribution in [3.8, 4) is 11.4 Å². The van der Waals surface area contributed by atoms with Gasteiger partial charge in [-0.1, -0.05) is 5.16 Å². The number of ether oxygens (including phenoxy) is 1. The smallest absolute Gasteiger partial charge is 0.381 e. The minimum atomic E-state index is -4.66. The van der Waals surface area contributed by atoms with Crippen molar-refractivity contribution in [3.05, 3.63) is 29.4 Å². The van der Waals surface area contributed by atoms with Gasteiger partial charge in [0.05, 0.1) is 6.10 Å². The predicted octanol–water partition coefficient (Wildman–Crippen LogP) is 3.04. The maximum Gasteiger partial charge on any atom is 0.471 e. The van der Waals surface area contributed by atoms with Gasteiger partial charge in [-0.2, -0.15) is 18.2 Å². The van der Waals surface area contributed by atoms with Gasteiger partial charge in [-0.3, -0.25) is 4.98 Å². The average Bonchev–Trinajstić information content (AvgIpc) is 2.90. The monoisotopic (exact) mass is 301 g/mol. The molecule has 0 aliphatic heterocycles. The van der Waals surface area contributed by atoms with Crippen molar-refractivity contribution in [2.24, 2.45) is 0 Å². The second-order valence-corrected chi connectivity index (χ2v) is 4.64. The van der Waals surface area contributed by atoms with Crippen LogP contribution in [0.5, 0.6) is 0 Å². The summed E-state index contributed by atoms with van der Waals surface area (Å²) in [5, 5.41) is 3.35. The molecule has 0 fully saturated rings. The van der Waals surface area contributed by atoms with Crippen LogP contribution in [-0.4, -0.2) is 28.3 Å². The molecule has 21 heavy (non-hydrogen) atoms. The van der Waals surface area contributed by atoms with Crippen LogP contribution in [0.15, 0.2) is 16.8 Å². The molecule has 2 rings (SSSR count). The Morgan fingerprint density at radius 2 is 2.10 bits per heavy atom. The number of aryl methyl sites for hydroxylation is 1. The zero-order valence-corrected chi connectivity index (χ0v) is 11.7. The van der Waals surface area contributed by atoms with E-state index in [4.69, 9.17) is 4.74 Å². The summed E-state index contributed by atoms with van der Waals surface area (Å²) >= 11 is 0. The van der Waals surface area contributed by atoms with Crippen molar-refractivity contribution in [2.75, 3.05) is 7.11 Å². The van der Waals surface area contributed by atoms with Crippen molar-refractivity contribution in [3.63, 3.8) is 0 Å². The second kappa shape index (κ2) is 5.80. The number of methoxy groups -OCH3 is 1. The van der Waals surface area contributed by atoms with E-state index >= 15 is 0 Å². The van der Waals surface area contributed by atoms with E-state index in [2.05, 4.69) is 19.6 Å². The molecule has 0 radical (unpaired) electrons. The molecule has 0 spiro atoms. The van der Waals surface area contributed by atoms with E-state index < -0.39 is 12.1 Å². The van der Waals surface area contributed by atoms with Crippen molar-refractivity contribution >= 4 is 0 Å². The van der Waals surface area contributed by atoms with Gasteiger partial charge in [-0.15, -0.1) is 0 Å². The molecule has 0 aliphatic rings. The minimum Gasteiger partial charge on any atom is -0.381 e. The van der Waals surface area contributed by atoms with Gasteiger partial charge in [0.1, 0.15) is 0 Å². The first-order valence-electron chi connectivity index (χ1n) is 6.21. The van der Waals surface area contributed by atoms with Gasteiger partial charge in [-0.25, -0.2) is 0 Å². The van der Waals surface area contributed by atoms with E-state index in [9.17, 15) is 13.2 Å². The Morgan fingerprint density at radius 1 is 1.38 bits per heavy atom. The Morgan fingerprint density at radius 3 is 2.67 bits per heavy atom. The fourth-order valence-corrected chi connectivity index (χ4v) is 1.76. The number of hydrogen-bond donors (Lipinski definition) is 0. The quantitative estimate of drug-likeness (QED) is 0.868. The van der Waals surface area contributed by atoms with Crippen LogP contribution in [0.4, 0.5) is 13.2 Å². The van der Waals surface area contributed by atoms with E-state index in [0.717, 1.165) is 11.3 Å². The number of aromatic nitrogens is 3. The molecule has 0 aromatic carbocycles. The van der Waals surface area contributed by atoms with Gasteiger partial charge in [0.25, 0.3) is 0 Å². The summed E-state index contributed by atoms with van der Waals surface area (Å²) in [7, 11) is 1.59. The Kier molecular flexibility index (Phi) is 4.26. The first-order chi connectivity index (χ1) is 9.81. The van der Waals surface area contributed by atoms with Crippen LogP contribution in [0.2, 0.25) is 0 Å². The van der Waals surface area contributed by atoms with Gasteiger partial charge >= 0.3 is 12.1 Å². The van der Waals surface area contributed by atoms with Crippen LogP contribution in [0.1, 0.15) is 24.1 Å². The van der Waals surface area contributed by atoms with E-state index in [0.29, 0.717) is 12.0 Å². The molecule has 0 amide bonds. The van der Waals surface area contributed by atoms with Crippen LogP contribution in [0.25, 0.3) is 11.4 Å². The third-order valence-corrected chi connectivity index (χ3v) is 3.03. The molecule has 2 aromatic heterocycles. The summed E-state index contributed by atoms with van der Waals surface area (Å²) < 4.78 is 46.7. The molecule has 1 unspecified atom stereocenters. The highest BCUT2D eigenvalue weighted by atomic mass is 19.4. The normalized spacial score (nSPS) is 13.4. The van der Waals surface area contributed by atoms with E-state index in [1.165, 1.54) is 6.20 Å². The maximum absolute atomic E-state index is 12.4. The topological polar surface area (TPSA) is 61.0 Å². The molecule has 1 atom stereocenters. The number of alkyl halides is 3. The summed E-state index contributed by atoms with van der Waals surface area (Å²) in [5.41, 5.74) is 2.01. The van der Waals surface area contributed by atoms with Crippen molar-refractivity contribution < 1.29 is 22.4 Å². The van der Waals surface area contributed by atoms with Gasteiger partial charge in [0, 0.05) is 31.0 Å². The molecule has 0 N–H and O–H groups in total. The maximum atomic E-state index is 12.4. The Balaban J connectivity index is 2.32. The lowest BCUT2D eigenvalue weighted by molar-refractivity contribution is -0.159. The lowest BCUT2D eigenvalue weighted by Crippen LogP contribution is -2.10. The molecule has 8 heteroatoms. The van der Waals surface area contributed by atoms with Gasteiger partial charge in [-0.05, 0) is 25.5 Å². The Hall–Kier alpha value is -1.96. The largest absolute Gasteiger partial charge is 0.471 e. The van der Waals surface area contributed by atoms with Gasteiger partial charge < -0.3 is 9.26 Å². The highest BCUT2D eigenvalue weighted by Crippen LogP contribution is 2.29. The standard InChI is InChI=1S/C13H14F3N3O2/c1-7(20-3)4-9-5-10(6-17-8(9)2)11-18-12(21-19-11)13(14,15)16/h5-7H,4H2,1-3H3. The third-order valence-electron chi connectivity index (χ3n) is 3.03. The molecule has 2 heterocycles. The molecule has 114 valence electrons. The number of rotatable bonds is 4. The van der Waals surface area contributed by atoms with Crippen molar-refractivity contribution in [1.29, 1.82) is 0 Å². The summed E-state index contributed by atoms with van der Waals surface area (Å²) in [6, 6.07) is 1.70. The molecule has 0 saturated carbocycles. The number of pyridine rings is 1. The first-order valence-corrected chi connectivity index (χ1v) is 6.21. The highest BCUT2D eigenvalue weighted by molar-refractivity contribution is 5.54. The zero-order chi connectivity index (χ0) is 15.6. The molecule has 0 aliphatic carbocycles. The third kappa shape index (κ3) is 3.57. The second-order valence-electron chi connectivity index (χ2n) is 4.64. The summed E-state index contributed by atoms with van der Waals surface area (Å²) in [6.45, 7) is 3.71. The average molecular weight is 301 g/mol. The molecule has 0 saturated heterocycles. The molecule has 2 aromatic rings. The molecular formula is C13H14F3N3O2. The number of hydrogen-bond acceptors (Lipinski definition) is 5. The highest BCUT2D eigenvalue weighted by Gasteiger charge is 2.38. The van der Waals surface area contributed by atoms with E-state index in [1.54, 1.807) is 13.2 Å².